The Labute approximate surface area is 344 Å². The predicted octanol–water partition coefficient (Wildman–Crippen LogP) is 9.64. The third kappa shape index (κ3) is 10.9. The summed E-state index contributed by atoms with van der Waals surface area (Å²) in [4.78, 5) is 29.0. The van der Waals surface area contributed by atoms with Crippen LogP contribution in [-0.4, -0.2) is 73.2 Å². The lowest BCUT2D eigenvalue weighted by atomic mass is 9.98. The first-order valence-electron chi connectivity index (χ1n) is 17.8. The van der Waals surface area contributed by atoms with Crippen LogP contribution < -0.4 is 15.1 Å². The van der Waals surface area contributed by atoms with Crippen LogP contribution >= 0.6 is 46.4 Å². The normalized spacial score (nSPS) is 22.1. The average Bonchev–Trinajstić information content (AvgIpc) is 3.93. The van der Waals surface area contributed by atoms with Crippen LogP contribution in [0.2, 0.25) is 20.1 Å². The summed E-state index contributed by atoms with van der Waals surface area (Å²) in [5, 5.41) is 15.2. The van der Waals surface area contributed by atoms with Gasteiger partial charge in [0.25, 0.3) is 5.91 Å². The minimum Gasteiger partial charge on any atom is -0.383 e. The number of aliphatic hydroxyl groups excluding tert-OH is 1. The van der Waals surface area contributed by atoms with Crippen LogP contribution in [0, 0.1) is 23.3 Å². The van der Waals surface area contributed by atoms with E-state index < -0.39 is 35.3 Å². The number of anilines is 2. The van der Waals surface area contributed by atoms with E-state index >= 15 is 0 Å². The number of halogens is 8. The van der Waals surface area contributed by atoms with Gasteiger partial charge in [-0.05, 0) is 116 Å². The first kappa shape index (κ1) is 43.7. The maximum atomic E-state index is 13.5. The SMILES string of the molecule is C.Clc1cc(Cl)cc(C2CCNC2)c1.O=C1[C@@H](N2CCC(c3cc(Cl)cc(Cl)c3)C2)CCN1c1cc(F)cc(F)c1.O=C1[C@H](O)CCN1c1cc(F)cc(F)c1. The Kier molecular flexibility index (Phi) is 15.1. The topological polar surface area (TPSA) is 76.1 Å². The Bertz CT molecular complexity index is 1960. The molecule has 0 radical (unpaired) electrons. The first-order valence-corrected chi connectivity index (χ1v) is 19.3. The van der Waals surface area contributed by atoms with Gasteiger partial charge in [-0.3, -0.25) is 14.5 Å². The molecule has 4 aliphatic rings. The van der Waals surface area contributed by atoms with Crippen LogP contribution in [0.1, 0.15) is 56.1 Å². The van der Waals surface area contributed by atoms with Gasteiger partial charge in [0.1, 0.15) is 29.4 Å². The lowest BCUT2D eigenvalue weighted by molar-refractivity contribution is -0.124. The molecule has 0 bridgehead atoms. The van der Waals surface area contributed by atoms with E-state index in [1.54, 1.807) is 12.1 Å². The minimum atomic E-state index is -1.06. The van der Waals surface area contributed by atoms with Crippen LogP contribution in [-0.2, 0) is 9.59 Å². The Morgan fingerprint density at radius 1 is 0.571 bits per heavy atom. The first-order chi connectivity index (χ1) is 26.2. The highest BCUT2D eigenvalue weighted by Crippen LogP contribution is 2.35. The molecule has 8 rings (SSSR count). The van der Waals surface area contributed by atoms with E-state index in [0.717, 1.165) is 72.5 Å². The third-order valence-electron chi connectivity index (χ3n) is 10.1. The number of amides is 2. The maximum absolute atomic E-state index is 13.5. The standard InChI is InChI=1S/C20H18Cl2F2N2O.C10H11Cl2N.C10H9F2NO2.CH4/c21-14-5-13(6-15(22)7-14)12-1-3-25(11-12)19-2-4-26(20(19)27)18-9-16(23)8-17(24)10-18;11-9-3-8(4-10(12)5-9)7-1-2-13-6-7;11-6-3-7(12)5-8(4-6)13-2-1-9(14)10(13)15;/h5-10,12,19H,1-4,11H2;3-5,7,13H,1-2,6H2;3-5,9,14H,1-2H2;1H4/t12?,19-;;9-;/m0.1./s1. The van der Waals surface area contributed by atoms with Gasteiger partial charge in [-0.1, -0.05) is 53.8 Å². The number of aliphatic hydroxyl groups is 1. The molecule has 0 spiro atoms. The van der Waals surface area contributed by atoms with Gasteiger partial charge < -0.3 is 20.2 Å². The number of nitrogens with zero attached hydrogens (tertiary/aromatic N) is 3. The minimum absolute atomic E-state index is 0. The Balaban J connectivity index is 0.000000175. The second-order valence-electron chi connectivity index (χ2n) is 13.9. The molecular weight excluding hydrogens is 814 g/mol. The molecule has 7 nitrogen and oxygen atoms in total. The summed E-state index contributed by atoms with van der Waals surface area (Å²) in [6, 6.07) is 17.1. The zero-order chi connectivity index (χ0) is 39.4. The lowest BCUT2D eigenvalue weighted by Gasteiger charge is -2.23. The van der Waals surface area contributed by atoms with E-state index in [4.69, 9.17) is 46.4 Å². The van der Waals surface area contributed by atoms with E-state index in [9.17, 15) is 32.3 Å². The van der Waals surface area contributed by atoms with Gasteiger partial charge in [0.15, 0.2) is 0 Å². The molecule has 2 unspecified atom stereocenters. The molecule has 4 aromatic rings. The summed E-state index contributed by atoms with van der Waals surface area (Å²) in [7, 11) is 0. The van der Waals surface area contributed by atoms with E-state index in [2.05, 4.69) is 10.2 Å². The fourth-order valence-electron chi connectivity index (χ4n) is 7.47. The molecule has 0 aromatic heterocycles. The number of carbonyl (C=O) groups is 2. The third-order valence-corrected chi connectivity index (χ3v) is 11.0. The number of hydrogen-bond donors (Lipinski definition) is 2. The van der Waals surface area contributed by atoms with Crippen molar-refractivity contribution in [3.05, 3.63) is 127 Å². The molecule has 2 amide bonds. The highest BCUT2D eigenvalue weighted by molar-refractivity contribution is 6.35. The van der Waals surface area contributed by atoms with Gasteiger partial charge in [0.05, 0.1) is 6.04 Å². The molecule has 4 atom stereocenters. The van der Waals surface area contributed by atoms with Gasteiger partial charge in [-0.2, -0.15) is 0 Å². The smallest absolute Gasteiger partial charge is 0.255 e. The number of nitrogens with one attached hydrogen (secondary N) is 1. The number of carbonyl (C=O) groups excluding carboxylic acids is 2. The zero-order valence-electron chi connectivity index (χ0n) is 29.4. The summed E-state index contributed by atoms with van der Waals surface area (Å²) < 4.78 is 52.7. The van der Waals surface area contributed by atoms with E-state index in [0.29, 0.717) is 28.9 Å². The lowest BCUT2D eigenvalue weighted by Crippen LogP contribution is -2.40. The molecule has 15 heteroatoms. The van der Waals surface area contributed by atoms with Gasteiger partial charge >= 0.3 is 0 Å². The summed E-state index contributed by atoms with van der Waals surface area (Å²) in [5.74, 6) is -2.62. The highest BCUT2D eigenvalue weighted by atomic mass is 35.5. The van der Waals surface area contributed by atoms with Crippen molar-refractivity contribution in [2.75, 3.05) is 49.1 Å². The van der Waals surface area contributed by atoms with Crippen LogP contribution in [0.5, 0.6) is 0 Å². The maximum Gasteiger partial charge on any atom is 0.255 e. The molecule has 4 heterocycles. The summed E-state index contributed by atoms with van der Waals surface area (Å²) in [5.41, 5.74) is 2.75. The van der Waals surface area contributed by atoms with Crippen molar-refractivity contribution in [1.82, 2.24) is 10.2 Å². The van der Waals surface area contributed by atoms with E-state index in [-0.39, 0.29) is 49.6 Å². The largest absolute Gasteiger partial charge is 0.383 e. The van der Waals surface area contributed by atoms with Crippen molar-refractivity contribution in [2.45, 2.75) is 57.1 Å². The van der Waals surface area contributed by atoms with Crippen molar-refractivity contribution < 1.29 is 32.3 Å². The Hall–Kier alpha value is -3.42. The van der Waals surface area contributed by atoms with Crippen molar-refractivity contribution in [3.63, 3.8) is 0 Å². The number of rotatable bonds is 5. The van der Waals surface area contributed by atoms with Gasteiger partial charge in [0.2, 0.25) is 5.91 Å². The molecule has 0 saturated carbocycles. The van der Waals surface area contributed by atoms with E-state index in [1.807, 2.05) is 24.3 Å². The van der Waals surface area contributed by atoms with Crippen LogP contribution in [0.4, 0.5) is 28.9 Å². The van der Waals surface area contributed by atoms with E-state index in [1.165, 1.54) is 33.9 Å². The molecule has 2 N–H and O–H groups in total. The van der Waals surface area contributed by atoms with Crippen LogP contribution in [0.15, 0.2) is 72.8 Å². The highest BCUT2D eigenvalue weighted by Gasteiger charge is 2.40. The molecule has 4 aromatic carbocycles. The Morgan fingerprint density at radius 2 is 1.04 bits per heavy atom. The van der Waals surface area contributed by atoms with Gasteiger partial charge in [-0.25, -0.2) is 17.6 Å². The van der Waals surface area contributed by atoms with Crippen molar-refractivity contribution in [2.24, 2.45) is 0 Å². The van der Waals surface area contributed by atoms with Crippen LogP contribution in [0.25, 0.3) is 0 Å². The molecule has 300 valence electrons. The fraction of sp³-hybridized carbons (Fsp3) is 0.366. The monoisotopic (exact) mass is 854 g/mol. The fourth-order valence-corrected chi connectivity index (χ4v) is 8.56. The van der Waals surface area contributed by atoms with Crippen LogP contribution in [0.3, 0.4) is 0 Å². The Morgan fingerprint density at radius 3 is 1.48 bits per heavy atom. The molecule has 0 aliphatic carbocycles. The zero-order valence-corrected chi connectivity index (χ0v) is 32.5. The number of likely N-dealkylation sites (tertiary alicyclic amines) is 1. The molecular formula is C41H42Cl4F4N4O3. The van der Waals surface area contributed by atoms with Crippen molar-refractivity contribution >= 4 is 69.6 Å². The number of benzene rings is 4. The summed E-state index contributed by atoms with van der Waals surface area (Å²) in [6.07, 6.45) is 1.96. The van der Waals surface area contributed by atoms with Gasteiger partial charge in [-0.15, -0.1) is 0 Å². The summed E-state index contributed by atoms with van der Waals surface area (Å²) in [6.45, 7) is 4.39. The molecule has 4 aliphatic heterocycles. The summed E-state index contributed by atoms with van der Waals surface area (Å²) >= 11 is 24.1. The predicted molar refractivity (Wildman–Crippen MR) is 215 cm³/mol. The second-order valence-corrected chi connectivity index (χ2v) is 15.7. The molecule has 4 saturated heterocycles. The van der Waals surface area contributed by atoms with Crippen molar-refractivity contribution in [1.29, 1.82) is 0 Å². The average molecular weight is 857 g/mol. The second kappa shape index (κ2) is 19.4. The van der Waals surface area contributed by atoms with Crippen molar-refractivity contribution in [3.8, 4) is 0 Å². The quantitative estimate of drug-likeness (QED) is 0.196. The number of hydrogen-bond acceptors (Lipinski definition) is 5. The molecule has 56 heavy (non-hydrogen) atoms. The molecule has 4 fully saturated rings. The van der Waals surface area contributed by atoms with Gasteiger partial charge in [0, 0.05) is 76.2 Å².